The van der Waals surface area contributed by atoms with E-state index in [4.69, 9.17) is 10.1 Å². The van der Waals surface area contributed by atoms with Crippen LogP contribution in [0, 0.1) is 5.41 Å². The molecule has 88 valence electrons. The first-order valence-electron chi connectivity index (χ1n) is 4.92. The molecule has 0 atom stereocenters. The SMILES string of the molecule is C\C=C/C(/C=C(\C)OC)=C(/C=N)C(=O)NC. The molecule has 0 aliphatic rings. The minimum absolute atomic E-state index is 0.289. The zero-order valence-corrected chi connectivity index (χ0v) is 10.1. The highest BCUT2D eigenvalue weighted by molar-refractivity contribution is 6.12. The second-order valence-corrected chi connectivity index (χ2v) is 3.05. The molecule has 0 saturated heterocycles. The largest absolute Gasteiger partial charge is 0.501 e. The van der Waals surface area contributed by atoms with Crippen LogP contribution in [0.3, 0.4) is 0 Å². The monoisotopic (exact) mass is 222 g/mol. The van der Waals surface area contributed by atoms with Gasteiger partial charge < -0.3 is 15.5 Å². The van der Waals surface area contributed by atoms with E-state index in [1.165, 1.54) is 7.05 Å². The zero-order valence-electron chi connectivity index (χ0n) is 10.1. The predicted octanol–water partition coefficient (Wildman–Crippen LogP) is 1.80. The summed E-state index contributed by atoms with van der Waals surface area (Å²) in [5.41, 5.74) is 0.952. The lowest BCUT2D eigenvalue weighted by Gasteiger charge is -2.05. The lowest BCUT2D eigenvalue weighted by atomic mass is 10.1. The average Bonchev–Trinajstić information content (AvgIpc) is 2.29. The molecule has 0 aliphatic carbocycles. The van der Waals surface area contributed by atoms with E-state index >= 15 is 0 Å². The summed E-state index contributed by atoms with van der Waals surface area (Å²) < 4.78 is 5.02. The lowest BCUT2D eigenvalue weighted by molar-refractivity contribution is -0.116. The van der Waals surface area contributed by atoms with Gasteiger partial charge in [-0.3, -0.25) is 4.79 Å². The summed E-state index contributed by atoms with van der Waals surface area (Å²) >= 11 is 0. The Bertz CT molecular complexity index is 352. The second-order valence-electron chi connectivity index (χ2n) is 3.05. The number of carbonyl (C=O) groups is 1. The van der Waals surface area contributed by atoms with Gasteiger partial charge in [0.1, 0.15) is 0 Å². The predicted molar refractivity (Wildman–Crippen MR) is 65.5 cm³/mol. The van der Waals surface area contributed by atoms with Crippen molar-refractivity contribution in [1.82, 2.24) is 5.32 Å². The van der Waals surface area contributed by atoms with Gasteiger partial charge >= 0.3 is 0 Å². The Labute approximate surface area is 96.2 Å². The molecule has 0 heterocycles. The van der Waals surface area contributed by atoms with E-state index in [0.29, 0.717) is 16.9 Å². The number of allylic oxidation sites excluding steroid dienone is 5. The van der Waals surface area contributed by atoms with E-state index in [1.807, 2.05) is 6.92 Å². The highest BCUT2D eigenvalue weighted by atomic mass is 16.5. The fourth-order valence-corrected chi connectivity index (χ4v) is 1.09. The molecule has 0 fully saturated rings. The van der Waals surface area contributed by atoms with Crippen molar-refractivity contribution in [1.29, 1.82) is 5.41 Å². The normalized spacial score (nSPS) is 13.4. The van der Waals surface area contributed by atoms with Gasteiger partial charge in [-0.15, -0.1) is 0 Å². The minimum atomic E-state index is -0.289. The molecule has 0 saturated carbocycles. The van der Waals surface area contributed by atoms with Crippen molar-refractivity contribution in [2.24, 2.45) is 0 Å². The summed E-state index contributed by atoms with van der Waals surface area (Å²) in [6.45, 7) is 3.64. The first-order chi connectivity index (χ1) is 7.60. The summed E-state index contributed by atoms with van der Waals surface area (Å²) in [6, 6.07) is 0. The van der Waals surface area contributed by atoms with Crippen LogP contribution in [0.15, 0.2) is 35.1 Å². The third-order valence-corrected chi connectivity index (χ3v) is 1.95. The Morgan fingerprint density at radius 3 is 2.44 bits per heavy atom. The van der Waals surface area contributed by atoms with Crippen molar-refractivity contribution >= 4 is 12.1 Å². The molecule has 0 bridgehead atoms. The Morgan fingerprint density at radius 2 is 2.06 bits per heavy atom. The van der Waals surface area contributed by atoms with Crippen LogP contribution in [0.1, 0.15) is 13.8 Å². The van der Waals surface area contributed by atoms with E-state index in [-0.39, 0.29) is 5.91 Å². The van der Waals surface area contributed by atoms with Gasteiger partial charge in [0.2, 0.25) is 0 Å². The van der Waals surface area contributed by atoms with Crippen LogP contribution >= 0.6 is 0 Å². The van der Waals surface area contributed by atoms with E-state index in [0.717, 1.165) is 6.21 Å². The van der Waals surface area contributed by atoms with Crippen LogP contribution in [-0.2, 0) is 9.53 Å². The minimum Gasteiger partial charge on any atom is -0.501 e. The second kappa shape index (κ2) is 7.45. The number of methoxy groups -OCH3 is 1. The Morgan fingerprint density at radius 1 is 1.44 bits per heavy atom. The molecular weight excluding hydrogens is 204 g/mol. The van der Waals surface area contributed by atoms with E-state index in [1.54, 1.807) is 32.3 Å². The Kier molecular flexibility index (Phi) is 6.59. The van der Waals surface area contributed by atoms with Crippen molar-refractivity contribution in [3.8, 4) is 0 Å². The zero-order chi connectivity index (χ0) is 12.6. The number of hydrogen-bond donors (Lipinski definition) is 2. The fraction of sp³-hybridized carbons (Fsp3) is 0.333. The van der Waals surface area contributed by atoms with Gasteiger partial charge in [-0.05, 0) is 25.5 Å². The highest BCUT2D eigenvalue weighted by Crippen LogP contribution is 2.10. The molecule has 0 aromatic carbocycles. The summed E-state index contributed by atoms with van der Waals surface area (Å²) in [4.78, 5) is 11.5. The number of nitrogens with one attached hydrogen (secondary N) is 2. The van der Waals surface area contributed by atoms with Crippen LogP contribution in [-0.4, -0.2) is 26.3 Å². The van der Waals surface area contributed by atoms with Crippen LogP contribution in [0.2, 0.25) is 0 Å². The van der Waals surface area contributed by atoms with Gasteiger partial charge in [0.05, 0.1) is 18.4 Å². The quantitative estimate of drug-likeness (QED) is 0.322. The molecule has 4 nitrogen and oxygen atoms in total. The third-order valence-electron chi connectivity index (χ3n) is 1.95. The molecule has 0 radical (unpaired) electrons. The van der Waals surface area contributed by atoms with Gasteiger partial charge in [-0.2, -0.15) is 0 Å². The molecule has 0 aliphatic heterocycles. The number of rotatable bonds is 5. The van der Waals surface area contributed by atoms with Crippen molar-refractivity contribution < 1.29 is 9.53 Å². The standard InChI is InChI=1S/C12H18N2O2/c1-5-6-10(7-9(2)16-4)11(8-13)12(15)14-3/h5-8,13H,1-4H3,(H,14,15)/b6-5-,9-7+,11-10+,13-8?. The van der Waals surface area contributed by atoms with E-state index in [9.17, 15) is 4.79 Å². The van der Waals surface area contributed by atoms with Crippen molar-refractivity contribution in [2.75, 3.05) is 14.2 Å². The Balaban J connectivity index is 5.51. The molecule has 0 aromatic heterocycles. The summed E-state index contributed by atoms with van der Waals surface area (Å²) in [7, 11) is 3.09. The van der Waals surface area contributed by atoms with Gasteiger partial charge in [-0.1, -0.05) is 12.2 Å². The van der Waals surface area contributed by atoms with Gasteiger partial charge in [0.25, 0.3) is 5.91 Å². The summed E-state index contributed by atoms with van der Waals surface area (Å²) in [6.07, 6.45) is 6.32. The van der Waals surface area contributed by atoms with Crippen molar-refractivity contribution in [3.63, 3.8) is 0 Å². The Hall–Kier alpha value is -1.84. The number of likely N-dealkylation sites (N-methyl/N-ethyl adjacent to an activating group) is 1. The molecule has 0 spiro atoms. The van der Waals surface area contributed by atoms with Gasteiger partial charge in [0.15, 0.2) is 0 Å². The maximum absolute atomic E-state index is 11.5. The summed E-state index contributed by atoms with van der Waals surface area (Å²) in [5, 5.41) is 9.75. The van der Waals surface area contributed by atoms with Crippen molar-refractivity contribution in [3.05, 3.63) is 35.1 Å². The molecule has 0 unspecified atom stereocenters. The maximum atomic E-state index is 11.5. The molecule has 0 rings (SSSR count). The van der Waals surface area contributed by atoms with Crippen LogP contribution in [0.25, 0.3) is 0 Å². The average molecular weight is 222 g/mol. The number of hydrogen-bond acceptors (Lipinski definition) is 3. The smallest absolute Gasteiger partial charge is 0.253 e. The molecular formula is C12H18N2O2. The number of amides is 1. The van der Waals surface area contributed by atoms with Crippen LogP contribution < -0.4 is 5.32 Å². The number of ether oxygens (including phenoxy) is 1. The maximum Gasteiger partial charge on any atom is 0.253 e. The van der Waals surface area contributed by atoms with Crippen molar-refractivity contribution in [2.45, 2.75) is 13.8 Å². The van der Waals surface area contributed by atoms with E-state index in [2.05, 4.69) is 5.32 Å². The summed E-state index contributed by atoms with van der Waals surface area (Å²) in [5.74, 6) is 0.389. The lowest BCUT2D eigenvalue weighted by Crippen LogP contribution is -2.21. The molecule has 2 N–H and O–H groups in total. The molecule has 4 heteroatoms. The molecule has 0 aromatic rings. The number of carbonyl (C=O) groups excluding carboxylic acids is 1. The fourth-order valence-electron chi connectivity index (χ4n) is 1.09. The van der Waals surface area contributed by atoms with Gasteiger partial charge in [0, 0.05) is 13.3 Å². The topological polar surface area (TPSA) is 62.2 Å². The van der Waals surface area contributed by atoms with E-state index < -0.39 is 0 Å². The van der Waals surface area contributed by atoms with Crippen LogP contribution in [0.5, 0.6) is 0 Å². The van der Waals surface area contributed by atoms with Gasteiger partial charge in [-0.25, -0.2) is 0 Å². The molecule has 16 heavy (non-hydrogen) atoms. The highest BCUT2D eigenvalue weighted by Gasteiger charge is 2.08. The third kappa shape index (κ3) is 4.13. The van der Waals surface area contributed by atoms with Crippen LogP contribution in [0.4, 0.5) is 0 Å². The molecule has 1 amide bonds. The first kappa shape index (κ1) is 14.2. The first-order valence-corrected chi connectivity index (χ1v) is 4.92.